The molecule has 43 heavy (non-hydrogen) atoms. The Balaban J connectivity index is 1.17. The smallest absolute Gasteiger partial charge is 0.339 e. The van der Waals surface area contributed by atoms with Crippen molar-refractivity contribution in [3.05, 3.63) is 75.9 Å². The number of esters is 1. The number of carbonyl (C=O) groups is 2. The quantitative estimate of drug-likeness (QED) is 0.303. The number of methoxy groups -OCH3 is 1. The Labute approximate surface area is 252 Å². The zero-order chi connectivity index (χ0) is 30.1. The molecule has 4 heterocycles. The number of hydrogen-bond donors (Lipinski definition) is 0. The molecule has 9 heteroatoms. The van der Waals surface area contributed by atoms with Gasteiger partial charge in [-0.15, -0.1) is 0 Å². The number of nitrogens with zero attached hydrogens (tertiary/aromatic N) is 4. The molecule has 0 radical (unpaired) electrons. The van der Waals surface area contributed by atoms with Gasteiger partial charge in [0, 0.05) is 49.8 Å². The fourth-order valence-electron chi connectivity index (χ4n) is 6.46. The van der Waals surface area contributed by atoms with Crippen LogP contribution in [0.4, 0.5) is 4.39 Å². The third kappa shape index (κ3) is 6.00. The van der Waals surface area contributed by atoms with E-state index in [4.69, 9.17) is 14.5 Å². The minimum Gasteiger partial charge on any atom is -0.478 e. The van der Waals surface area contributed by atoms with E-state index in [1.807, 2.05) is 18.7 Å². The molecule has 0 bridgehead atoms. The Morgan fingerprint density at radius 2 is 1.77 bits per heavy atom. The number of halogens is 1. The van der Waals surface area contributed by atoms with Crippen LogP contribution in [0.5, 0.6) is 5.88 Å². The average molecular weight is 587 g/mol. The maximum absolute atomic E-state index is 13.6. The molecule has 0 atom stereocenters. The van der Waals surface area contributed by atoms with Crippen LogP contribution >= 0.6 is 0 Å². The highest BCUT2D eigenvalue weighted by Crippen LogP contribution is 2.45. The number of pyridine rings is 2. The van der Waals surface area contributed by atoms with Gasteiger partial charge in [-0.05, 0) is 86.9 Å². The van der Waals surface area contributed by atoms with Crippen molar-refractivity contribution in [2.75, 3.05) is 33.4 Å². The van der Waals surface area contributed by atoms with Crippen molar-refractivity contribution in [3.8, 4) is 17.1 Å². The second-order valence-corrected chi connectivity index (χ2v) is 11.7. The third-order valence-electron chi connectivity index (χ3n) is 8.90. The van der Waals surface area contributed by atoms with Crippen LogP contribution in [0.15, 0.2) is 36.4 Å². The monoisotopic (exact) mass is 586 g/mol. The van der Waals surface area contributed by atoms with E-state index in [0.29, 0.717) is 54.6 Å². The van der Waals surface area contributed by atoms with Crippen LogP contribution in [0.25, 0.3) is 11.3 Å². The molecule has 0 unspecified atom stereocenters. The first-order valence-corrected chi connectivity index (χ1v) is 15.5. The van der Waals surface area contributed by atoms with Gasteiger partial charge in [-0.3, -0.25) is 14.7 Å². The molecule has 8 nitrogen and oxygen atoms in total. The lowest BCUT2D eigenvalue weighted by Crippen LogP contribution is -2.50. The summed E-state index contributed by atoms with van der Waals surface area (Å²) in [5.41, 5.74) is 6.42. The van der Waals surface area contributed by atoms with Gasteiger partial charge in [0.05, 0.1) is 41.9 Å². The van der Waals surface area contributed by atoms with E-state index in [2.05, 4.69) is 16.0 Å². The zero-order valence-corrected chi connectivity index (χ0v) is 25.2. The number of rotatable bonds is 9. The normalized spacial score (nSPS) is 17.6. The van der Waals surface area contributed by atoms with E-state index >= 15 is 0 Å². The molecule has 1 saturated heterocycles. The molecule has 2 aromatic heterocycles. The molecule has 0 N–H and O–H groups in total. The molecule has 3 aliphatic rings. The van der Waals surface area contributed by atoms with E-state index < -0.39 is 5.97 Å². The first-order valence-electron chi connectivity index (χ1n) is 15.5. The van der Waals surface area contributed by atoms with Crippen molar-refractivity contribution >= 4 is 11.9 Å². The standard InChI is InChI=1S/C34H39FN4O4/c1-4-29-28(34(41)42-3)19-27-30(36-29)14-17-39(33(27)40)25-12-15-38(16-13-25)20-23-18-26(21-6-7-21)31(37-32(23)43-5-2)22-8-10-24(35)11-9-22/h8-11,18-19,21,25H,4-7,12-17,20H2,1-3H3. The molecule has 2 fully saturated rings. The number of benzene rings is 1. The van der Waals surface area contributed by atoms with Crippen molar-refractivity contribution in [2.45, 2.75) is 70.9 Å². The molecule has 1 aliphatic carbocycles. The van der Waals surface area contributed by atoms with Crippen molar-refractivity contribution in [2.24, 2.45) is 0 Å². The largest absolute Gasteiger partial charge is 0.478 e. The Hall–Kier alpha value is -3.85. The molecule has 226 valence electrons. The fourth-order valence-corrected chi connectivity index (χ4v) is 6.46. The number of aromatic nitrogens is 2. The first kappa shape index (κ1) is 29.2. The number of fused-ring (bicyclic) bond motifs is 1. The van der Waals surface area contributed by atoms with Gasteiger partial charge in [-0.1, -0.05) is 6.92 Å². The number of piperidine rings is 1. The summed E-state index contributed by atoms with van der Waals surface area (Å²) in [6.07, 6.45) is 5.29. The highest BCUT2D eigenvalue weighted by atomic mass is 19.1. The Kier molecular flexibility index (Phi) is 8.43. The van der Waals surface area contributed by atoms with Crippen LogP contribution in [0, 0.1) is 5.82 Å². The van der Waals surface area contributed by atoms with Gasteiger partial charge in [0.2, 0.25) is 5.88 Å². The van der Waals surface area contributed by atoms with E-state index in [1.54, 1.807) is 18.2 Å². The van der Waals surface area contributed by atoms with Crippen LogP contribution in [0.2, 0.25) is 0 Å². The summed E-state index contributed by atoms with van der Waals surface area (Å²) in [6, 6.07) is 10.6. The van der Waals surface area contributed by atoms with E-state index in [1.165, 1.54) is 24.8 Å². The van der Waals surface area contributed by atoms with Crippen molar-refractivity contribution in [1.82, 2.24) is 19.8 Å². The number of aryl methyl sites for hydroxylation is 1. The topological polar surface area (TPSA) is 84.9 Å². The minimum atomic E-state index is -0.457. The molecule has 1 aromatic carbocycles. The maximum atomic E-state index is 13.6. The molecular formula is C34H39FN4O4. The van der Waals surface area contributed by atoms with Gasteiger partial charge in [-0.2, -0.15) is 0 Å². The predicted octanol–water partition coefficient (Wildman–Crippen LogP) is 5.57. The number of ether oxygens (including phenoxy) is 2. The molecule has 1 saturated carbocycles. The number of hydrogen-bond acceptors (Lipinski definition) is 7. The molecular weight excluding hydrogens is 547 g/mol. The molecule has 1 amide bonds. The maximum Gasteiger partial charge on any atom is 0.339 e. The summed E-state index contributed by atoms with van der Waals surface area (Å²) in [6.45, 7) is 7.49. The minimum absolute atomic E-state index is 0.0479. The Morgan fingerprint density at radius 3 is 2.42 bits per heavy atom. The lowest BCUT2D eigenvalue weighted by Gasteiger charge is -2.40. The second-order valence-electron chi connectivity index (χ2n) is 11.7. The fraction of sp³-hybridized carbons (Fsp3) is 0.471. The summed E-state index contributed by atoms with van der Waals surface area (Å²) in [5, 5.41) is 0. The zero-order valence-electron chi connectivity index (χ0n) is 25.2. The SMILES string of the molecule is CCOc1nc(-c2ccc(F)cc2)c(C2CC2)cc1CN1CCC(N2CCc3nc(CC)c(C(=O)OC)cc3C2=O)CC1. The van der Waals surface area contributed by atoms with Crippen LogP contribution in [-0.4, -0.2) is 71.0 Å². The summed E-state index contributed by atoms with van der Waals surface area (Å²) in [5.74, 6) is 0.348. The van der Waals surface area contributed by atoms with Gasteiger partial charge in [-0.25, -0.2) is 14.2 Å². The van der Waals surface area contributed by atoms with Gasteiger partial charge in [0.1, 0.15) is 5.82 Å². The van der Waals surface area contributed by atoms with Crippen molar-refractivity contribution < 1.29 is 23.5 Å². The van der Waals surface area contributed by atoms with Crippen LogP contribution < -0.4 is 4.74 Å². The third-order valence-corrected chi connectivity index (χ3v) is 8.90. The Bertz CT molecular complexity index is 1510. The van der Waals surface area contributed by atoms with Crippen molar-refractivity contribution in [3.63, 3.8) is 0 Å². The second kappa shape index (κ2) is 12.4. The van der Waals surface area contributed by atoms with Gasteiger partial charge < -0.3 is 14.4 Å². The summed E-state index contributed by atoms with van der Waals surface area (Å²) in [7, 11) is 1.35. The molecule has 2 aliphatic heterocycles. The van der Waals surface area contributed by atoms with Gasteiger partial charge >= 0.3 is 5.97 Å². The lowest BCUT2D eigenvalue weighted by atomic mass is 9.95. The van der Waals surface area contributed by atoms with E-state index in [0.717, 1.165) is 67.8 Å². The van der Waals surface area contributed by atoms with Gasteiger partial charge in [0.25, 0.3) is 5.91 Å². The molecule has 0 spiro atoms. The predicted molar refractivity (Wildman–Crippen MR) is 161 cm³/mol. The number of amides is 1. The van der Waals surface area contributed by atoms with E-state index in [-0.39, 0.29) is 17.8 Å². The highest BCUT2D eigenvalue weighted by Gasteiger charge is 2.35. The van der Waals surface area contributed by atoms with Crippen LogP contribution in [0.3, 0.4) is 0 Å². The molecule has 3 aromatic rings. The summed E-state index contributed by atoms with van der Waals surface area (Å²) in [4.78, 5) is 40.0. The summed E-state index contributed by atoms with van der Waals surface area (Å²) < 4.78 is 24.6. The summed E-state index contributed by atoms with van der Waals surface area (Å²) >= 11 is 0. The van der Waals surface area contributed by atoms with E-state index in [9.17, 15) is 14.0 Å². The first-order chi connectivity index (χ1) is 20.9. The lowest BCUT2D eigenvalue weighted by molar-refractivity contribution is 0.0542. The average Bonchev–Trinajstić information content (AvgIpc) is 3.88. The number of carbonyl (C=O) groups excluding carboxylic acids is 2. The van der Waals surface area contributed by atoms with Crippen LogP contribution in [0.1, 0.15) is 88.7 Å². The van der Waals surface area contributed by atoms with Crippen LogP contribution in [-0.2, 0) is 24.1 Å². The Morgan fingerprint density at radius 1 is 1.02 bits per heavy atom. The number of likely N-dealkylation sites (tertiary alicyclic amines) is 1. The molecule has 6 rings (SSSR count). The van der Waals surface area contributed by atoms with Gasteiger partial charge in [0.15, 0.2) is 0 Å². The van der Waals surface area contributed by atoms with Crippen molar-refractivity contribution in [1.29, 1.82) is 0 Å². The highest BCUT2D eigenvalue weighted by molar-refractivity contribution is 6.00.